The molecule has 1 aromatic heterocycles. The summed E-state index contributed by atoms with van der Waals surface area (Å²) < 4.78 is 5.08. The van der Waals surface area contributed by atoms with Crippen molar-refractivity contribution >= 4 is 35.0 Å². The number of thiophene rings is 1. The molecular weight excluding hydrogens is 432 g/mol. The van der Waals surface area contributed by atoms with E-state index in [9.17, 15) is 19.2 Å². The van der Waals surface area contributed by atoms with Crippen LogP contribution in [0, 0.1) is 0 Å². The number of aliphatic hydroxyl groups excluding tert-OH is 1. The molecule has 8 nitrogen and oxygen atoms in total. The molecule has 0 radical (unpaired) electrons. The van der Waals surface area contributed by atoms with Gasteiger partial charge in [0.15, 0.2) is 0 Å². The summed E-state index contributed by atoms with van der Waals surface area (Å²) in [7, 11) is 0. The fourth-order valence-corrected chi connectivity index (χ4v) is 4.33. The van der Waals surface area contributed by atoms with Gasteiger partial charge in [-0.3, -0.25) is 19.3 Å². The molecule has 2 atom stereocenters. The van der Waals surface area contributed by atoms with Crippen LogP contribution in [0.5, 0.6) is 0 Å². The van der Waals surface area contributed by atoms with Crippen molar-refractivity contribution in [1.82, 2.24) is 10.2 Å². The number of hydrogen-bond acceptors (Lipinski definition) is 7. The predicted molar refractivity (Wildman–Crippen MR) is 118 cm³/mol. The summed E-state index contributed by atoms with van der Waals surface area (Å²) in [5, 5.41) is 15.4. The van der Waals surface area contributed by atoms with E-state index in [0.29, 0.717) is 12.8 Å². The van der Waals surface area contributed by atoms with E-state index < -0.39 is 35.8 Å². The van der Waals surface area contributed by atoms with Crippen LogP contribution in [-0.4, -0.2) is 59.0 Å². The van der Waals surface area contributed by atoms with Gasteiger partial charge in [-0.15, -0.1) is 0 Å². The number of nitrogens with one attached hydrogen (secondary N) is 1. The van der Waals surface area contributed by atoms with Crippen LogP contribution in [0.3, 0.4) is 0 Å². The number of benzene rings is 1. The quantitative estimate of drug-likeness (QED) is 0.303. The molecule has 0 fully saturated rings. The molecule has 2 N–H and O–H groups in total. The van der Waals surface area contributed by atoms with Gasteiger partial charge in [0.1, 0.15) is 12.1 Å². The monoisotopic (exact) mass is 458 g/mol. The molecule has 0 aliphatic carbocycles. The Balaban J connectivity index is 1.86. The zero-order chi connectivity index (χ0) is 23.1. The molecule has 170 valence electrons. The molecule has 3 rings (SSSR count). The first-order valence-electron chi connectivity index (χ1n) is 10.5. The van der Waals surface area contributed by atoms with Crippen LogP contribution in [0.2, 0.25) is 0 Å². The van der Waals surface area contributed by atoms with Crippen molar-refractivity contribution in [2.75, 3.05) is 13.2 Å². The predicted octanol–water partition coefficient (Wildman–Crippen LogP) is 2.17. The minimum Gasteiger partial charge on any atom is -0.464 e. The van der Waals surface area contributed by atoms with Crippen molar-refractivity contribution in [3.63, 3.8) is 0 Å². The topological polar surface area (TPSA) is 113 Å². The van der Waals surface area contributed by atoms with E-state index in [1.165, 1.54) is 11.3 Å². The number of nitrogens with zero attached hydrogens (tertiary/aromatic N) is 1. The highest BCUT2D eigenvalue weighted by Crippen LogP contribution is 2.26. The van der Waals surface area contributed by atoms with Crippen LogP contribution in [0.15, 0.2) is 41.1 Å². The van der Waals surface area contributed by atoms with Crippen molar-refractivity contribution in [2.24, 2.45) is 0 Å². The Bertz CT molecular complexity index is 940. The Morgan fingerprint density at radius 2 is 1.81 bits per heavy atom. The Morgan fingerprint density at radius 1 is 1.12 bits per heavy atom. The van der Waals surface area contributed by atoms with Crippen molar-refractivity contribution in [3.05, 3.63) is 57.8 Å². The van der Waals surface area contributed by atoms with E-state index in [0.717, 1.165) is 10.5 Å². The summed E-state index contributed by atoms with van der Waals surface area (Å²) in [6, 6.07) is 6.23. The number of carbonyl (C=O) groups excluding carboxylic acids is 4. The van der Waals surface area contributed by atoms with Crippen LogP contribution in [0.4, 0.5) is 0 Å². The van der Waals surface area contributed by atoms with Crippen molar-refractivity contribution in [2.45, 2.75) is 44.7 Å². The number of esters is 1. The Hall–Kier alpha value is -3.04. The lowest BCUT2D eigenvalue weighted by Crippen LogP contribution is -2.54. The number of unbranched alkanes of at least 4 members (excludes halogenated alkanes) is 1. The number of carbonyl (C=O) groups is 4. The van der Waals surface area contributed by atoms with E-state index in [1.54, 1.807) is 31.2 Å². The third-order valence-electron chi connectivity index (χ3n) is 5.24. The first kappa shape index (κ1) is 23.6. The lowest BCUT2D eigenvalue weighted by molar-refractivity contribution is -0.148. The van der Waals surface area contributed by atoms with E-state index in [4.69, 9.17) is 9.84 Å². The summed E-state index contributed by atoms with van der Waals surface area (Å²) in [6.07, 6.45) is 1.39. The molecule has 1 aromatic carbocycles. The van der Waals surface area contributed by atoms with Crippen LogP contribution in [0.25, 0.3) is 0 Å². The van der Waals surface area contributed by atoms with Crippen LogP contribution in [0.1, 0.15) is 52.5 Å². The highest BCUT2D eigenvalue weighted by molar-refractivity contribution is 7.07. The van der Waals surface area contributed by atoms with Gasteiger partial charge in [0.2, 0.25) is 5.91 Å². The third-order valence-corrected chi connectivity index (χ3v) is 5.97. The average Bonchev–Trinajstić information content (AvgIpc) is 3.39. The van der Waals surface area contributed by atoms with E-state index in [-0.39, 0.29) is 37.2 Å². The molecule has 0 spiro atoms. The highest BCUT2D eigenvalue weighted by atomic mass is 32.1. The largest absolute Gasteiger partial charge is 0.464 e. The molecule has 1 unspecified atom stereocenters. The summed E-state index contributed by atoms with van der Waals surface area (Å²) in [6.45, 7) is 1.80. The molecule has 0 saturated heterocycles. The van der Waals surface area contributed by atoms with Crippen LogP contribution >= 0.6 is 11.3 Å². The van der Waals surface area contributed by atoms with Gasteiger partial charge < -0.3 is 15.2 Å². The second-order valence-corrected chi connectivity index (χ2v) is 8.19. The third kappa shape index (κ3) is 5.23. The lowest BCUT2D eigenvalue weighted by atomic mass is 10.0. The molecule has 2 aromatic rings. The first-order chi connectivity index (χ1) is 15.5. The zero-order valence-electron chi connectivity index (χ0n) is 17.8. The lowest BCUT2D eigenvalue weighted by Gasteiger charge is -2.27. The number of ether oxygens (including phenoxy) is 1. The number of rotatable bonds is 11. The number of fused-ring (bicyclic) bond motifs is 1. The minimum absolute atomic E-state index is 0.0285. The highest BCUT2D eigenvalue weighted by Gasteiger charge is 2.43. The van der Waals surface area contributed by atoms with Crippen LogP contribution in [-0.2, 0) is 20.7 Å². The summed E-state index contributed by atoms with van der Waals surface area (Å²) >= 11 is 1.45. The number of hydrogen-bond donors (Lipinski definition) is 2. The maximum atomic E-state index is 13.3. The molecule has 2 heterocycles. The second-order valence-electron chi connectivity index (χ2n) is 7.41. The molecule has 9 heteroatoms. The van der Waals surface area contributed by atoms with E-state index in [1.807, 2.05) is 16.8 Å². The maximum Gasteiger partial charge on any atom is 0.328 e. The van der Waals surface area contributed by atoms with Gasteiger partial charge >= 0.3 is 5.97 Å². The SMILES string of the molecule is CCOC(=O)[C@H](CCCCO)NC(=O)C(Cc1ccsc1)N1C(=O)c2ccccc2C1=O. The van der Waals surface area contributed by atoms with Gasteiger partial charge in [0.05, 0.1) is 17.7 Å². The summed E-state index contributed by atoms with van der Waals surface area (Å²) in [5.74, 6) is -2.26. The molecular formula is C23H26N2O6S. The number of imide groups is 1. The van der Waals surface area contributed by atoms with Crippen LogP contribution < -0.4 is 5.32 Å². The second kappa shape index (κ2) is 11.0. The smallest absolute Gasteiger partial charge is 0.328 e. The zero-order valence-corrected chi connectivity index (χ0v) is 18.6. The number of aliphatic hydroxyl groups is 1. The standard InChI is InChI=1S/C23H26N2O6S/c1-2-31-23(30)18(9-5-6-11-26)24-20(27)19(13-15-10-12-32-14-15)25-21(28)16-7-3-4-8-17(16)22(25)29/h3-4,7-8,10,12,14,18-19,26H,2,5-6,9,11,13H2,1H3,(H,24,27)/t18-,19?/m0/s1. The number of amides is 3. The Kier molecular flexibility index (Phi) is 8.13. The molecule has 0 bridgehead atoms. The Morgan fingerprint density at radius 3 is 2.38 bits per heavy atom. The van der Waals surface area contributed by atoms with Gasteiger partial charge in [-0.25, -0.2) is 4.79 Å². The average molecular weight is 459 g/mol. The molecule has 1 aliphatic rings. The van der Waals surface area contributed by atoms with E-state index >= 15 is 0 Å². The Labute approximate surface area is 190 Å². The molecule has 1 aliphatic heterocycles. The van der Waals surface area contributed by atoms with Crippen molar-refractivity contribution in [3.8, 4) is 0 Å². The summed E-state index contributed by atoms with van der Waals surface area (Å²) in [5.41, 5.74) is 1.32. The normalized spacial score (nSPS) is 14.8. The minimum atomic E-state index is -1.12. The van der Waals surface area contributed by atoms with Gasteiger partial charge in [-0.2, -0.15) is 11.3 Å². The molecule has 3 amide bonds. The fourth-order valence-electron chi connectivity index (χ4n) is 3.64. The fraction of sp³-hybridized carbons (Fsp3) is 0.391. The molecule has 32 heavy (non-hydrogen) atoms. The van der Waals surface area contributed by atoms with E-state index in [2.05, 4.69) is 5.32 Å². The van der Waals surface area contributed by atoms with Crippen molar-refractivity contribution < 1.29 is 29.0 Å². The van der Waals surface area contributed by atoms with Gasteiger partial charge in [0.25, 0.3) is 11.8 Å². The summed E-state index contributed by atoms with van der Waals surface area (Å²) in [4.78, 5) is 52.8. The maximum absolute atomic E-state index is 13.3. The van der Waals surface area contributed by atoms with Gasteiger partial charge in [-0.1, -0.05) is 12.1 Å². The van der Waals surface area contributed by atoms with Gasteiger partial charge in [-0.05, 0) is 60.7 Å². The first-order valence-corrected chi connectivity index (χ1v) is 11.5. The van der Waals surface area contributed by atoms with Gasteiger partial charge in [0, 0.05) is 13.0 Å². The van der Waals surface area contributed by atoms with Crippen molar-refractivity contribution in [1.29, 1.82) is 0 Å². The molecule has 0 saturated carbocycles.